The molecule has 4 rings (SSSR count). The Bertz CT molecular complexity index is 1180. The summed E-state index contributed by atoms with van der Waals surface area (Å²) < 4.78 is 12.6. The minimum absolute atomic E-state index is 0.0930. The lowest BCUT2D eigenvalue weighted by Gasteiger charge is -2.03. The molecule has 2 aromatic heterocycles. The van der Waals surface area contributed by atoms with Gasteiger partial charge in [0.05, 0.1) is 11.4 Å². The van der Waals surface area contributed by atoms with Crippen LogP contribution in [0.1, 0.15) is 22.8 Å². The largest absolute Gasteiger partial charge is 0.452 e. The molecule has 0 bridgehead atoms. The highest BCUT2D eigenvalue weighted by Crippen LogP contribution is 2.20. The Hall–Kier alpha value is -4.00. The SMILES string of the molecule is Cc1nn(-c2ccccc2)c(C)c1/C=C/C(=O)OCc1nnc(-c2ccccc2)o1. The van der Waals surface area contributed by atoms with Gasteiger partial charge in [-0.1, -0.05) is 36.4 Å². The van der Waals surface area contributed by atoms with Crippen molar-refractivity contribution in [2.45, 2.75) is 20.5 Å². The van der Waals surface area contributed by atoms with Crippen LogP contribution >= 0.6 is 0 Å². The fraction of sp³-hybridized carbons (Fsp3) is 0.130. The van der Waals surface area contributed by atoms with Crippen LogP contribution in [0.25, 0.3) is 23.2 Å². The predicted molar refractivity (Wildman–Crippen MR) is 112 cm³/mol. The van der Waals surface area contributed by atoms with Crippen LogP contribution in [0, 0.1) is 13.8 Å². The molecule has 7 heteroatoms. The average molecular weight is 400 g/mol. The monoisotopic (exact) mass is 400 g/mol. The number of rotatable bonds is 6. The first-order valence-corrected chi connectivity index (χ1v) is 9.46. The zero-order valence-corrected chi connectivity index (χ0v) is 16.6. The number of ether oxygens (including phenoxy) is 1. The zero-order valence-electron chi connectivity index (χ0n) is 16.6. The third kappa shape index (κ3) is 4.20. The summed E-state index contributed by atoms with van der Waals surface area (Å²) >= 11 is 0. The van der Waals surface area contributed by atoms with E-state index < -0.39 is 5.97 Å². The van der Waals surface area contributed by atoms with E-state index in [9.17, 15) is 4.79 Å². The van der Waals surface area contributed by atoms with Crippen LogP contribution in [0.3, 0.4) is 0 Å². The second-order valence-electron chi connectivity index (χ2n) is 6.64. The second kappa shape index (κ2) is 8.57. The molecule has 0 aliphatic carbocycles. The van der Waals surface area contributed by atoms with E-state index in [4.69, 9.17) is 9.15 Å². The quantitative estimate of drug-likeness (QED) is 0.355. The summed E-state index contributed by atoms with van der Waals surface area (Å²) in [5.41, 5.74) is 4.41. The number of carbonyl (C=O) groups is 1. The van der Waals surface area contributed by atoms with E-state index in [2.05, 4.69) is 15.3 Å². The summed E-state index contributed by atoms with van der Waals surface area (Å²) in [7, 11) is 0. The second-order valence-corrected chi connectivity index (χ2v) is 6.64. The third-order valence-corrected chi connectivity index (χ3v) is 4.56. The van der Waals surface area contributed by atoms with Gasteiger partial charge in [0.2, 0.25) is 5.89 Å². The van der Waals surface area contributed by atoms with Crippen LogP contribution in [0.5, 0.6) is 0 Å². The van der Waals surface area contributed by atoms with Crippen LogP contribution in [0.4, 0.5) is 0 Å². The van der Waals surface area contributed by atoms with Crippen LogP contribution in [0.2, 0.25) is 0 Å². The Balaban J connectivity index is 1.40. The number of para-hydroxylation sites is 1. The summed E-state index contributed by atoms with van der Waals surface area (Å²) in [6.07, 6.45) is 3.09. The van der Waals surface area contributed by atoms with Crippen molar-refractivity contribution in [2.75, 3.05) is 0 Å². The van der Waals surface area contributed by atoms with E-state index in [0.717, 1.165) is 28.2 Å². The molecule has 0 aliphatic heterocycles. The standard InChI is InChI=1S/C23H20N4O3/c1-16-20(17(2)27(26-16)19-11-7-4-8-12-19)13-14-22(28)29-15-21-24-25-23(30-21)18-9-5-3-6-10-18/h3-14H,15H2,1-2H3/b14-13+. The van der Waals surface area contributed by atoms with E-state index >= 15 is 0 Å². The van der Waals surface area contributed by atoms with Gasteiger partial charge < -0.3 is 9.15 Å². The molecular formula is C23H20N4O3. The number of benzene rings is 2. The van der Waals surface area contributed by atoms with Gasteiger partial charge >= 0.3 is 5.97 Å². The molecule has 30 heavy (non-hydrogen) atoms. The number of hydrogen-bond acceptors (Lipinski definition) is 6. The normalized spacial score (nSPS) is 11.1. The molecule has 0 amide bonds. The van der Waals surface area contributed by atoms with Gasteiger partial charge in [0.1, 0.15) is 0 Å². The number of nitrogens with zero attached hydrogens (tertiary/aromatic N) is 4. The molecule has 2 aromatic carbocycles. The minimum atomic E-state index is -0.499. The number of esters is 1. The Labute approximate surface area is 173 Å². The van der Waals surface area contributed by atoms with Crippen molar-refractivity contribution < 1.29 is 13.9 Å². The molecule has 150 valence electrons. The molecule has 4 aromatic rings. The Kier molecular flexibility index (Phi) is 5.52. The van der Waals surface area contributed by atoms with E-state index in [0.29, 0.717) is 5.89 Å². The highest BCUT2D eigenvalue weighted by Gasteiger charge is 2.12. The van der Waals surface area contributed by atoms with Crippen LogP contribution in [-0.4, -0.2) is 25.9 Å². The maximum absolute atomic E-state index is 12.1. The van der Waals surface area contributed by atoms with Crippen molar-refractivity contribution in [3.63, 3.8) is 0 Å². The molecule has 0 atom stereocenters. The van der Waals surface area contributed by atoms with Gasteiger partial charge in [-0.05, 0) is 44.2 Å². The lowest BCUT2D eigenvalue weighted by Crippen LogP contribution is -2.01. The van der Waals surface area contributed by atoms with Gasteiger partial charge in [-0.2, -0.15) is 5.10 Å². The summed E-state index contributed by atoms with van der Waals surface area (Å²) in [4.78, 5) is 12.1. The zero-order chi connectivity index (χ0) is 20.9. The number of carbonyl (C=O) groups excluding carboxylic acids is 1. The molecule has 0 radical (unpaired) electrons. The Morgan fingerprint density at radius 3 is 2.47 bits per heavy atom. The first-order chi connectivity index (χ1) is 14.6. The van der Waals surface area contributed by atoms with Crippen LogP contribution in [-0.2, 0) is 16.1 Å². The maximum Gasteiger partial charge on any atom is 0.331 e. The van der Waals surface area contributed by atoms with Gasteiger partial charge in [0, 0.05) is 22.9 Å². The molecule has 0 fully saturated rings. The van der Waals surface area contributed by atoms with E-state index in [1.165, 1.54) is 6.08 Å². The minimum Gasteiger partial charge on any atom is -0.452 e. The smallest absolute Gasteiger partial charge is 0.331 e. The van der Waals surface area contributed by atoms with Crippen LogP contribution in [0.15, 0.2) is 71.2 Å². The Morgan fingerprint density at radius 1 is 1.03 bits per heavy atom. The van der Waals surface area contributed by atoms with Crippen molar-refractivity contribution in [3.8, 4) is 17.1 Å². The van der Waals surface area contributed by atoms with E-state index in [-0.39, 0.29) is 12.5 Å². The van der Waals surface area contributed by atoms with Crippen molar-refractivity contribution in [3.05, 3.63) is 89.6 Å². The summed E-state index contributed by atoms with van der Waals surface area (Å²) in [5.74, 6) is 0.123. The molecule has 0 aliphatic rings. The van der Waals surface area contributed by atoms with Crippen LogP contribution < -0.4 is 0 Å². The molecule has 0 saturated carbocycles. The highest BCUT2D eigenvalue weighted by atomic mass is 16.5. The van der Waals surface area contributed by atoms with E-state index in [1.54, 1.807) is 6.08 Å². The molecule has 0 spiro atoms. The van der Waals surface area contributed by atoms with Crippen molar-refractivity contribution in [1.82, 2.24) is 20.0 Å². The summed E-state index contributed by atoms with van der Waals surface area (Å²) in [6.45, 7) is 3.77. The molecular weight excluding hydrogens is 380 g/mol. The topological polar surface area (TPSA) is 83.0 Å². The molecule has 0 N–H and O–H groups in total. The maximum atomic E-state index is 12.1. The van der Waals surface area contributed by atoms with Gasteiger partial charge in [-0.25, -0.2) is 9.48 Å². The van der Waals surface area contributed by atoms with Crippen molar-refractivity contribution in [1.29, 1.82) is 0 Å². The van der Waals surface area contributed by atoms with Gasteiger partial charge in [-0.3, -0.25) is 0 Å². The third-order valence-electron chi connectivity index (χ3n) is 4.56. The molecule has 7 nitrogen and oxygen atoms in total. The highest BCUT2D eigenvalue weighted by molar-refractivity contribution is 5.87. The molecule has 0 unspecified atom stereocenters. The fourth-order valence-electron chi connectivity index (χ4n) is 3.06. The first-order valence-electron chi connectivity index (χ1n) is 9.46. The average Bonchev–Trinajstić information content (AvgIpc) is 3.37. The van der Waals surface area contributed by atoms with Gasteiger partial charge in [0.15, 0.2) is 6.61 Å². The lowest BCUT2D eigenvalue weighted by atomic mass is 10.2. The molecule has 2 heterocycles. The lowest BCUT2D eigenvalue weighted by molar-refractivity contribution is -0.139. The summed E-state index contributed by atoms with van der Waals surface area (Å²) in [5, 5.41) is 12.5. The van der Waals surface area contributed by atoms with Crippen molar-refractivity contribution in [2.24, 2.45) is 0 Å². The number of aromatic nitrogens is 4. The summed E-state index contributed by atoms with van der Waals surface area (Å²) in [6, 6.07) is 19.2. The fourth-order valence-corrected chi connectivity index (χ4v) is 3.06. The molecule has 0 saturated heterocycles. The predicted octanol–water partition coefficient (Wildman–Crippen LogP) is 4.30. The van der Waals surface area contributed by atoms with E-state index in [1.807, 2.05) is 79.2 Å². The number of aryl methyl sites for hydroxylation is 1. The van der Waals surface area contributed by atoms with Gasteiger partial charge in [-0.15, -0.1) is 10.2 Å². The van der Waals surface area contributed by atoms with Crippen molar-refractivity contribution >= 4 is 12.0 Å². The first kappa shape index (κ1) is 19.3. The van der Waals surface area contributed by atoms with Gasteiger partial charge in [0.25, 0.3) is 5.89 Å². The Morgan fingerprint density at radius 2 is 1.73 bits per heavy atom. The number of hydrogen-bond donors (Lipinski definition) is 0.